The van der Waals surface area contributed by atoms with Crippen molar-refractivity contribution < 1.29 is 4.79 Å². The van der Waals surface area contributed by atoms with E-state index in [0.29, 0.717) is 24.1 Å². The number of hydrogen-bond donors (Lipinski definition) is 2. The van der Waals surface area contributed by atoms with E-state index >= 15 is 0 Å². The van der Waals surface area contributed by atoms with Crippen LogP contribution in [0.4, 0.5) is 5.82 Å². The van der Waals surface area contributed by atoms with Crippen LogP contribution >= 0.6 is 0 Å². The van der Waals surface area contributed by atoms with Crippen molar-refractivity contribution >= 4 is 11.7 Å². The number of rotatable bonds is 6. The van der Waals surface area contributed by atoms with E-state index < -0.39 is 0 Å². The van der Waals surface area contributed by atoms with E-state index in [0.717, 1.165) is 56.8 Å². The van der Waals surface area contributed by atoms with Crippen LogP contribution in [0.1, 0.15) is 48.8 Å². The summed E-state index contributed by atoms with van der Waals surface area (Å²) in [6, 6.07) is 4.02. The fourth-order valence-electron chi connectivity index (χ4n) is 3.69. The Morgan fingerprint density at radius 2 is 2.07 bits per heavy atom. The third-order valence-electron chi connectivity index (χ3n) is 5.48. The molecule has 2 aromatic heterocycles. The second-order valence-electron chi connectivity index (χ2n) is 7.47. The highest BCUT2D eigenvalue weighted by Gasteiger charge is 2.25. The standard InChI is InChI=1S/C19H26N6O2/c1-2-25-17(22-23-19(25)27)11-13-6-9-24(10-7-13)16-12-14(5-8-20-16)18(26)21-15-3-4-15/h5,8,12-13,15H,2-4,6-7,9-11H2,1H3,(H,21,26)(H,23,27). The summed E-state index contributed by atoms with van der Waals surface area (Å²) in [5.41, 5.74) is 0.549. The maximum absolute atomic E-state index is 12.3. The molecule has 1 aliphatic heterocycles. The van der Waals surface area contributed by atoms with Gasteiger partial charge in [-0.1, -0.05) is 0 Å². The first kappa shape index (κ1) is 17.8. The summed E-state index contributed by atoms with van der Waals surface area (Å²) in [6.07, 6.45) is 6.73. The van der Waals surface area contributed by atoms with Crippen LogP contribution in [-0.2, 0) is 13.0 Å². The highest BCUT2D eigenvalue weighted by Crippen LogP contribution is 2.25. The number of amides is 1. The van der Waals surface area contributed by atoms with Crippen molar-refractivity contribution in [2.45, 2.75) is 51.6 Å². The number of anilines is 1. The van der Waals surface area contributed by atoms with E-state index in [1.165, 1.54) is 0 Å². The number of pyridine rings is 1. The third-order valence-corrected chi connectivity index (χ3v) is 5.48. The second-order valence-corrected chi connectivity index (χ2v) is 7.47. The van der Waals surface area contributed by atoms with Crippen molar-refractivity contribution in [2.75, 3.05) is 18.0 Å². The van der Waals surface area contributed by atoms with Gasteiger partial charge >= 0.3 is 5.69 Å². The average molecular weight is 370 g/mol. The molecule has 8 nitrogen and oxygen atoms in total. The maximum Gasteiger partial charge on any atom is 0.343 e. The number of nitrogens with zero attached hydrogens (tertiary/aromatic N) is 4. The molecule has 1 saturated carbocycles. The molecule has 4 rings (SSSR count). The molecular formula is C19H26N6O2. The van der Waals surface area contributed by atoms with Crippen molar-refractivity contribution in [2.24, 2.45) is 5.92 Å². The predicted molar refractivity (Wildman–Crippen MR) is 102 cm³/mol. The number of aromatic amines is 1. The Balaban J connectivity index is 1.36. The lowest BCUT2D eigenvalue weighted by Gasteiger charge is -2.32. The lowest BCUT2D eigenvalue weighted by molar-refractivity contribution is 0.0951. The van der Waals surface area contributed by atoms with E-state index in [1.807, 2.05) is 13.0 Å². The van der Waals surface area contributed by atoms with Crippen LogP contribution < -0.4 is 15.9 Å². The molecule has 0 atom stereocenters. The second kappa shape index (κ2) is 7.54. The quantitative estimate of drug-likeness (QED) is 0.800. The van der Waals surface area contributed by atoms with Crippen molar-refractivity contribution in [1.82, 2.24) is 25.1 Å². The lowest BCUT2D eigenvalue weighted by Crippen LogP contribution is -2.35. The highest BCUT2D eigenvalue weighted by molar-refractivity contribution is 5.95. The monoisotopic (exact) mass is 370 g/mol. The molecule has 8 heteroatoms. The normalized spacial score (nSPS) is 17.9. The minimum Gasteiger partial charge on any atom is -0.357 e. The van der Waals surface area contributed by atoms with Gasteiger partial charge in [0.1, 0.15) is 11.6 Å². The topological polar surface area (TPSA) is 95.9 Å². The SMILES string of the molecule is CCn1c(CC2CCN(c3cc(C(=O)NC4CC4)ccn3)CC2)n[nH]c1=O. The zero-order chi connectivity index (χ0) is 18.8. The summed E-state index contributed by atoms with van der Waals surface area (Å²) < 4.78 is 1.70. The molecule has 2 aliphatic rings. The minimum absolute atomic E-state index is 0.00731. The molecule has 0 unspecified atom stereocenters. The molecule has 0 aromatic carbocycles. The van der Waals surface area contributed by atoms with Crippen LogP contribution in [0, 0.1) is 5.92 Å². The number of aromatic nitrogens is 4. The summed E-state index contributed by atoms with van der Waals surface area (Å²) in [5, 5.41) is 9.74. The average Bonchev–Trinajstić information content (AvgIpc) is 3.44. The first-order chi connectivity index (χ1) is 13.1. The molecule has 1 amide bonds. The van der Waals surface area contributed by atoms with Gasteiger partial charge in [0, 0.05) is 43.9 Å². The Kier molecular flexibility index (Phi) is 4.96. The molecule has 2 aromatic rings. The van der Waals surface area contributed by atoms with Gasteiger partial charge in [0.05, 0.1) is 0 Å². The number of carbonyl (C=O) groups is 1. The van der Waals surface area contributed by atoms with E-state index in [4.69, 9.17) is 0 Å². The fourth-order valence-corrected chi connectivity index (χ4v) is 3.69. The summed E-state index contributed by atoms with van der Waals surface area (Å²) >= 11 is 0. The van der Waals surface area contributed by atoms with Gasteiger partial charge in [-0.15, -0.1) is 0 Å². The van der Waals surface area contributed by atoms with Gasteiger partial charge in [0.2, 0.25) is 0 Å². The van der Waals surface area contributed by atoms with Gasteiger partial charge in [0.25, 0.3) is 5.91 Å². The van der Waals surface area contributed by atoms with Crippen molar-refractivity contribution in [1.29, 1.82) is 0 Å². The van der Waals surface area contributed by atoms with Crippen molar-refractivity contribution in [3.8, 4) is 0 Å². The molecule has 2 N–H and O–H groups in total. The number of piperidine rings is 1. The smallest absolute Gasteiger partial charge is 0.343 e. The first-order valence-corrected chi connectivity index (χ1v) is 9.80. The molecular weight excluding hydrogens is 344 g/mol. The zero-order valence-corrected chi connectivity index (χ0v) is 15.6. The molecule has 1 saturated heterocycles. The van der Waals surface area contributed by atoms with E-state index in [-0.39, 0.29) is 11.6 Å². The Labute approximate surface area is 158 Å². The minimum atomic E-state index is -0.129. The molecule has 0 spiro atoms. The van der Waals surface area contributed by atoms with Gasteiger partial charge in [-0.25, -0.2) is 14.9 Å². The van der Waals surface area contributed by atoms with Crippen molar-refractivity contribution in [3.05, 3.63) is 40.2 Å². The lowest BCUT2D eigenvalue weighted by atomic mass is 9.93. The zero-order valence-electron chi connectivity index (χ0n) is 15.6. The molecule has 144 valence electrons. The number of hydrogen-bond acceptors (Lipinski definition) is 5. The van der Waals surface area contributed by atoms with Crippen LogP contribution in [0.5, 0.6) is 0 Å². The van der Waals surface area contributed by atoms with Crippen LogP contribution in [0.2, 0.25) is 0 Å². The van der Waals surface area contributed by atoms with E-state index in [2.05, 4.69) is 25.4 Å². The molecule has 0 radical (unpaired) electrons. The number of nitrogens with one attached hydrogen (secondary N) is 2. The van der Waals surface area contributed by atoms with E-state index in [9.17, 15) is 9.59 Å². The van der Waals surface area contributed by atoms with Gasteiger partial charge in [-0.3, -0.25) is 9.36 Å². The van der Waals surface area contributed by atoms with Gasteiger partial charge in [-0.2, -0.15) is 5.10 Å². The van der Waals surface area contributed by atoms with Gasteiger partial charge in [0.15, 0.2) is 0 Å². The molecule has 3 heterocycles. The predicted octanol–water partition coefficient (Wildman–Crippen LogP) is 1.34. The van der Waals surface area contributed by atoms with E-state index in [1.54, 1.807) is 16.8 Å². The third kappa shape index (κ3) is 4.04. The Hall–Kier alpha value is -2.64. The molecule has 2 fully saturated rings. The van der Waals surface area contributed by atoms with Crippen LogP contribution in [-0.4, -0.2) is 44.8 Å². The highest BCUT2D eigenvalue weighted by atomic mass is 16.2. The molecule has 1 aliphatic carbocycles. The molecule has 0 bridgehead atoms. The number of H-pyrrole nitrogens is 1. The van der Waals surface area contributed by atoms with Crippen LogP contribution in [0.15, 0.2) is 23.1 Å². The summed E-state index contributed by atoms with van der Waals surface area (Å²) in [4.78, 5) is 30.7. The number of carbonyl (C=O) groups excluding carboxylic acids is 1. The summed E-state index contributed by atoms with van der Waals surface area (Å²) in [7, 11) is 0. The first-order valence-electron chi connectivity index (χ1n) is 9.80. The molecule has 27 heavy (non-hydrogen) atoms. The summed E-state index contributed by atoms with van der Waals surface area (Å²) in [6.45, 7) is 4.39. The van der Waals surface area contributed by atoms with Crippen molar-refractivity contribution in [3.63, 3.8) is 0 Å². The fraction of sp³-hybridized carbons (Fsp3) is 0.579. The maximum atomic E-state index is 12.3. The largest absolute Gasteiger partial charge is 0.357 e. The van der Waals surface area contributed by atoms with Gasteiger partial charge < -0.3 is 10.2 Å². The van der Waals surface area contributed by atoms with Gasteiger partial charge in [-0.05, 0) is 50.7 Å². The Morgan fingerprint density at radius 3 is 2.78 bits per heavy atom. The Morgan fingerprint density at radius 1 is 1.30 bits per heavy atom. The van der Waals surface area contributed by atoms with Crippen LogP contribution in [0.25, 0.3) is 0 Å². The summed E-state index contributed by atoms with van der Waals surface area (Å²) in [5.74, 6) is 2.20. The Bertz CT molecular complexity index is 861. The van der Waals surface area contributed by atoms with Crippen LogP contribution in [0.3, 0.4) is 0 Å².